The number of halogens is 3. The van der Waals surface area contributed by atoms with E-state index in [0.717, 1.165) is 22.4 Å². The normalized spacial score (nSPS) is 18.3. The monoisotopic (exact) mass is 467 g/mol. The van der Waals surface area contributed by atoms with Crippen LogP contribution in [0.3, 0.4) is 0 Å². The summed E-state index contributed by atoms with van der Waals surface area (Å²) in [5.74, 6) is 0.393. The van der Waals surface area contributed by atoms with Crippen LogP contribution in [-0.4, -0.2) is 35.4 Å². The minimum absolute atomic E-state index is 0.0920. The van der Waals surface area contributed by atoms with Crippen LogP contribution in [0.15, 0.2) is 46.2 Å². The fourth-order valence-corrected chi connectivity index (χ4v) is 5.88. The van der Waals surface area contributed by atoms with Gasteiger partial charge in [-0.3, -0.25) is 9.69 Å². The molecular weight excluding hydrogens is 443 g/mol. The number of H-pyrrole nitrogens is 1. The standard InChI is InChI=1S/C22H24F3N3O3S/c1-14-5-7-17(8-6-14)32(30,31)28-16(13-27-9-3-4-15(2)12-27)10-18-19(22(23,24)25)11-26-21(29)20(18)28/h5-8,10-11,15H,3-4,9,12-13H2,1-2H3,(H,26,29)/t15-/m0/s1. The Bertz CT molecular complexity index is 1310. The highest BCUT2D eigenvalue weighted by atomic mass is 32.2. The lowest BCUT2D eigenvalue weighted by atomic mass is 10.0. The van der Waals surface area contributed by atoms with Gasteiger partial charge in [0.1, 0.15) is 5.52 Å². The Morgan fingerprint density at radius 3 is 2.50 bits per heavy atom. The third-order valence-electron chi connectivity index (χ3n) is 5.87. The number of rotatable bonds is 4. The van der Waals surface area contributed by atoms with E-state index >= 15 is 0 Å². The van der Waals surface area contributed by atoms with E-state index in [0.29, 0.717) is 25.2 Å². The number of hydrogen-bond acceptors (Lipinski definition) is 4. The van der Waals surface area contributed by atoms with Crippen molar-refractivity contribution in [3.8, 4) is 0 Å². The Morgan fingerprint density at radius 2 is 1.88 bits per heavy atom. The maximum Gasteiger partial charge on any atom is 0.418 e. The van der Waals surface area contributed by atoms with Crippen LogP contribution < -0.4 is 5.56 Å². The lowest BCUT2D eigenvalue weighted by molar-refractivity contribution is -0.136. The molecule has 4 rings (SSSR count). The van der Waals surface area contributed by atoms with Gasteiger partial charge in [0.2, 0.25) is 0 Å². The van der Waals surface area contributed by atoms with Gasteiger partial charge in [-0.1, -0.05) is 24.6 Å². The van der Waals surface area contributed by atoms with Crippen molar-refractivity contribution in [3.63, 3.8) is 0 Å². The van der Waals surface area contributed by atoms with Gasteiger partial charge in [-0.15, -0.1) is 0 Å². The number of aromatic nitrogens is 2. The number of aromatic amines is 1. The number of nitrogens with one attached hydrogen (secondary N) is 1. The average Bonchev–Trinajstić information content (AvgIpc) is 3.08. The van der Waals surface area contributed by atoms with Gasteiger partial charge in [-0.25, -0.2) is 12.4 Å². The number of pyridine rings is 1. The average molecular weight is 468 g/mol. The Labute approximate surface area is 183 Å². The molecule has 0 bridgehead atoms. The molecule has 1 aliphatic heterocycles. The van der Waals surface area contributed by atoms with E-state index in [-0.39, 0.29) is 17.1 Å². The molecule has 1 N–H and O–H groups in total. The van der Waals surface area contributed by atoms with Gasteiger partial charge in [0.05, 0.1) is 10.5 Å². The van der Waals surface area contributed by atoms with Crippen molar-refractivity contribution < 1.29 is 21.6 Å². The molecule has 0 amide bonds. The van der Waals surface area contributed by atoms with E-state index in [1.54, 1.807) is 19.1 Å². The first kappa shape index (κ1) is 22.6. The predicted octanol–water partition coefficient (Wildman–Crippen LogP) is 4.13. The second kappa shape index (κ2) is 8.08. The maximum atomic E-state index is 13.7. The van der Waals surface area contributed by atoms with Gasteiger partial charge in [0, 0.05) is 30.4 Å². The lowest BCUT2D eigenvalue weighted by Gasteiger charge is -2.30. The van der Waals surface area contributed by atoms with E-state index in [4.69, 9.17) is 0 Å². The third-order valence-corrected chi connectivity index (χ3v) is 7.64. The zero-order valence-electron chi connectivity index (χ0n) is 17.7. The zero-order chi connectivity index (χ0) is 23.3. The number of fused-ring (bicyclic) bond motifs is 1. The molecule has 6 nitrogen and oxygen atoms in total. The number of benzene rings is 1. The van der Waals surface area contributed by atoms with E-state index < -0.39 is 38.2 Å². The molecule has 0 saturated carbocycles. The number of hydrogen-bond donors (Lipinski definition) is 1. The van der Waals surface area contributed by atoms with Gasteiger partial charge in [0.25, 0.3) is 15.6 Å². The SMILES string of the molecule is Cc1ccc(S(=O)(=O)n2c(CN3CCC[C@H](C)C3)cc3c(C(F)(F)F)c[nH]c(=O)c32)cc1. The van der Waals surface area contributed by atoms with Gasteiger partial charge >= 0.3 is 6.18 Å². The molecular formula is C22H24F3N3O3S. The Hall–Kier alpha value is -2.59. The predicted molar refractivity (Wildman–Crippen MR) is 115 cm³/mol. The highest BCUT2D eigenvalue weighted by Crippen LogP contribution is 2.36. The molecule has 1 saturated heterocycles. The largest absolute Gasteiger partial charge is 0.418 e. The summed E-state index contributed by atoms with van der Waals surface area (Å²) in [6, 6.07) is 7.19. The number of nitrogens with zero attached hydrogens (tertiary/aromatic N) is 2. The van der Waals surface area contributed by atoms with Crippen molar-refractivity contribution in [2.75, 3.05) is 13.1 Å². The Kier molecular flexibility index (Phi) is 5.70. The van der Waals surface area contributed by atoms with Crippen LogP contribution in [0.4, 0.5) is 13.2 Å². The number of piperidine rings is 1. The van der Waals surface area contributed by atoms with Crippen molar-refractivity contribution in [2.45, 2.75) is 44.3 Å². The van der Waals surface area contributed by atoms with Crippen molar-refractivity contribution in [1.82, 2.24) is 13.9 Å². The lowest BCUT2D eigenvalue weighted by Crippen LogP contribution is -2.35. The number of likely N-dealkylation sites (tertiary alicyclic amines) is 1. The van der Waals surface area contributed by atoms with Crippen LogP contribution >= 0.6 is 0 Å². The van der Waals surface area contributed by atoms with E-state index in [9.17, 15) is 26.4 Å². The highest BCUT2D eigenvalue weighted by Gasteiger charge is 2.36. The van der Waals surface area contributed by atoms with Crippen LogP contribution in [0.25, 0.3) is 10.9 Å². The number of aryl methyl sites for hydroxylation is 1. The highest BCUT2D eigenvalue weighted by molar-refractivity contribution is 7.90. The van der Waals surface area contributed by atoms with Crippen LogP contribution in [0, 0.1) is 12.8 Å². The fraction of sp³-hybridized carbons (Fsp3) is 0.409. The second-order valence-corrected chi connectivity index (χ2v) is 10.3. The minimum Gasteiger partial charge on any atom is -0.327 e. The Morgan fingerprint density at radius 1 is 1.19 bits per heavy atom. The summed E-state index contributed by atoms with van der Waals surface area (Å²) in [6.45, 7) is 5.41. The quantitative estimate of drug-likeness (QED) is 0.626. The van der Waals surface area contributed by atoms with Gasteiger partial charge in [0.15, 0.2) is 0 Å². The molecule has 172 valence electrons. The molecule has 32 heavy (non-hydrogen) atoms. The maximum absolute atomic E-state index is 13.7. The molecule has 1 fully saturated rings. The summed E-state index contributed by atoms with van der Waals surface area (Å²) in [7, 11) is -4.32. The molecule has 0 spiro atoms. The van der Waals surface area contributed by atoms with Crippen LogP contribution in [0.5, 0.6) is 0 Å². The zero-order valence-corrected chi connectivity index (χ0v) is 18.6. The van der Waals surface area contributed by atoms with Gasteiger partial charge in [-0.2, -0.15) is 13.2 Å². The molecule has 1 aromatic carbocycles. The smallest absolute Gasteiger partial charge is 0.327 e. The first-order chi connectivity index (χ1) is 15.0. The molecule has 1 aliphatic rings. The van der Waals surface area contributed by atoms with Gasteiger partial charge in [-0.05, 0) is 50.4 Å². The molecule has 3 heterocycles. The summed E-state index contributed by atoms with van der Waals surface area (Å²) in [6.07, 6.45) is -2.20. The van der Waals surface area contributed by atoms with E-state index in [1.165, 1.54) is 18.2 Å². The van der Waals surface area contributed by atoms with Crippen LogP contribution in [0.1, 0.15) is 36.6 Å². The van der Waals surface area contributed by atoms with Crippen molar-refractivity contribution in [1.29, 1.82) is 0 Å². The molecule has 10 heteroatoms. The summed E-state index contributed by atoms with van der Waals surface area (Å²) in [5, 5.41) is -0.419. The molecule has 0 aliphatic carbocycles. The summed E-state index contributed by atoms with van der Waals surface area (Å²) in [5.41, 5.74) is -1.50. The summed E-state index contributed by atoms with van der Waals surface area (Å²) in [4.78, 5) is 16.6. The van der Waals surface area contributed by atoms with Crippen molar-refractivity contribution in [2.24, 2.45) is 5.92 Å². The first-order valence-corrected chi connectivity index (χ1v) is 11.8. The van der Waals surface area contributed by atoms with Crippen molar-refractivity contribution in [3.05, 3.63) is 63.7 Å². The third kappa shape index (κ3) is 4.09. The summed E-state index contributed by atoms with van der Waals surface area (Å²) < 4.78 is 69.0. The van der Waals surface area contributed by atoms with Crippen LogP contribution in [-0.2, 0) is 22.7 Å². The van der Waals surface area contributed by atoms with Crippen LogP contribution in [0.2, 0.25) is 0 Å². The van der Waals surface area contributed by atoms with E-state index in [1.807, 2.05) is 4.90 Å². The number of alkyl halides is 3. The topological polar surface area (TPSA) is 75.2 Å². The molecule has 3 aromatic rings. The van der Waals surface area contributed by atoms with E-state index in [2.05, 4.69) is 11.9 Å². The molecule has 0 unspecified atom stereocenters. The molecule has 2 aromatic heterocycles. The van der Waals surface area contributed by atoms with Gasteiger partial charge < -0.3 is 4.98 Å². The molecule has 1 atom stereocenters. The van der Waals surface area contributed by atoms with Crippen molar-refractivity contribution >= 4 is 20.9 Å². The fourth-order valence-electron chi connectivity index (χ4n) is 4.34. The minimum atomic E-state index is -4.75. The Balaban J connectivity index is 1.98. The second-order valence-electron chi connectivity index (χ2n) is 8.49. The first-order valence-electron chi connectivity index (χ1n) is 10.4. The summed E-state index contributed by atoms with van der Waals surface area (Å²) >= 11 is 0. The molecule has 0 radical (unpaired) electrons.